The minimum absolute atomic E-state index is 0.348. The quantitative estimate of drug-likeness (QED) is 0.495. The maximum Gasteiger partial charge on any atom is 0.323 e. The summed E-state index contributed by atoms with van der Waals surface area (Å²) in [4.78, 5) is 11.7. The molecule has 4 nitrogen and oxygen atoms in total. The van der Waals surface area contributed by atoms with E-state index in [9.17, 15) is 4.79 Å². The Labute approximate surface area is 124 Å². The van der Waals surface area contributed by atoms with Gasteiger partial charge in [-0.05, 0) is 39.5 Å². The fraction of sp³-hybridized carbons (Fsp3) is 0.938. The number of nitrogens with two attached hydrogens (primary N) is 1. The van der Waals surface area contributed by atoms with Gasteiger partial charge in [-0.15, -0.1) is 0 Å². The number of carbonyl (C=O) groups excluding carboxylic acids is 1. The van der Waals surface area contributed by atoms with Gasteiger partial charge in [-0.1, -0.05) is 33.1 Å². The van der Waals surface area contributed by atoms with E-state index < -0.39 is 11.6 Å². The van der Waals surface area contributed by atoms with Crippen LogP contribution in [-0.2, 0) is 14.3 Å². The molecule has 0 radical (unpaired) electrons. The molecule has 120 valence electrons. The lowest BCUT2D eigenvalue weighted by molar-refractivity contribution is -0.157. The van der Waals surface area contributed by atoms with Crippen LogP contribution in [-0.4, -0.2) is 30.8 Å². The van der Waals surface area contributed by atoms with Gasteiger partial charge in [0, 0.05) is 13.2 Å². The summed E-state index contributed by atoms with van der Waals surface area (Å²) in [6, 6.07) is -0.593. The zero-order chi connectivity index (χ0) is 15.6. The summed E-state index contributed by atoms with van der Waals surface area (Å²) in [5, 5.41) is 0. The topological polar surface area (TPSA) is 61.5 Å². The Hall–Kier alpha value is -0.610. The summed E-state index contributed by atoms with van der Waals surface area (Å²) in [5.74, 6) is 0.270. The lowest BCUT2D eigenvalue weighted by Gasteiger charge is -2.22. The van der Waals surface area contributed by atoms with Crippen LogP contribution in [0.4, 0.5) is 0 Å². The van der Waals surface area contributed by atoms with E-state index in [1.165, 1.54) is 19.3 Å². The van der Waals surface area contributed by atoms with E-state index >= 15 is 0 Å². The van der Waals surface area contributed by atoms with Crippen LogP contribution in [0, 0.1) is 5.92 Å². The largest absolute Gasteiger partial charge is 0.459 e. The van der Waals surface area contributed by atoms with Gasteiger partial charge >= 0.3 is 5.97 Å². The van der Waals surface area contributed by atoms with Gasteiger partial charge in [0.2, 0.25) is 0 Å². The van der Waals surface area contributed by atoms with E-state index in [1.807, 2.05) is 20.8 Å². The minimum atomic E-state index is -0.593. The molecule has 2 N–H and O–H groups in total. The van der Waals surface area contributed by atoms with Crippen molar-refractivity contribution in [1.82, 2.24) is 0 Å². The Morgan fingerprint density at radius 2 is 1.85 bits per heavy atom. The van der Waals surface area contributed by atoms with Crippen molar-refractivity contribution in [2.24, 2.45) is 11.7 Å². The molecule has 0 aliphatic heterocycles. The number of hydrogen-bond acceptors (Lipinski definition) is 4. The van der Waals surface area contributed by atoms with Gasteiger partial charge in [-0.3, -0.25) is 4.79 Å². The van der Waals surface area contributed by atoms with Crippen LogP contribution >= 0.6 is 0 Å². The van der Waals surface area contributed by atoms with Crippen LogP contribution in [0.15, 0.2) is 0 Å². The van der Waals surface area contributed by atoms with Crippen molar-refractivity contribution in [1.29, 1.82) is 0 Å². The summed E-state index contributed by atoms with van der Waals surface area (Å²) < 4.78 is 10.9. The number of rotatable bonds is 10. The van der Waals surface area contributed by atoms with E-state index in [2.05, 4.69) is 13.8 Å². The van der Waals surface area contributed by atoms with Crippen LogP contribution in [0.1, 0.15) is 66.7 Å². The second kappa shape index (κ2) is 10.2. The van der Waals surface area contributed by atoms with Crippen LogP contribution in [0.3, 0.4) is 0 Å². The molecule has 0 bridgehead atoms. The molecule has 20 heavy (non-hydrogen) atoms. The molecule has 0 aromatic carbocycles. The Morgan fingerprint density at radius 3 is 2.35 bits per heavy atom. The summed E-state index contributed by atoms with van der Waals surface area (Å²) in [5.41, 5.74) is 5.32. The fourth-order valence-electron chi connectivity index (χ4n) is 1.85. The molecule has 0 saturated carbocycles. The lowest BCUT2D eigenvalue weighted by Crippen LogP contribution is -2.38. The SMILES string of the molecule is CCCCC(CC)COCCC(N)C(=O)OC(C)(C)C. The lowest BCUT2D eigenvalue weighted by atomic mass is 10.0. The Bertz CT molecular complexity index is 261. The number of carbonyl (C=O) groups is 1. The van der Waals surface area contributed by atoms with Crippen LogP contribution in [0.2, 0.25) is 0 Å². The Balaban J connectivity index is 3.80. The third kappa shape index (κ3) is 10.2. The summed E-state index contributed by atoms with van der Waals surface area (Å²) in [7, 11) is 0. The predicted octanol–water partition coefficient (Wildman–Crippen LogP) is 3.28. The maximum atomic E-state index is 11.7. The first kappa shape index (κ1) is 19.4. The number of unbranched alkanes of at least 4 members (excludes halogenated alkanes) is 1. The van der Waals surface area contributed by atoms with Gasteiger partial charge in [0.1, 0.15) is 11.6 Å². The van der Waals surface area contributed by atoms with Crippen molar-refractivity contribution in [2.45, 2.75) is 78.4 Å². The fourth-order valence-corrected chi connectivity index (χ4v) is 1.85. The highest BCUT2D eigenvalue weighted by Crippen LogP contribution is 2.13. The molecule has 0 amide bonds. The van der Waals surface area contributed by atoms with Crippen molar-refractivity contribution >= 4 is 5.97 Å². The standard InChI is InChI=1S/C16H33NO3/c1-6-8-9-13(7-2)12-19-11-10-14(17)15(18)20-16(3,4)5/h13-14H,6-12,17H2,1-5H3. The smallest absolute Gasteiger partial charge is 0.323 e. The molecule has 0 rings (SSSR count). The minimum Gasteiger partial charge on any atom is -0.459 e. The Morgan fingerprint density at radius 1 is 1.20 bits per heavy atom. The highest BCUT2D eigenvalue weighted by atomic mass is 16.6. The maximum absolute atomic E-state index is 11.7. The first-order chi connectivity index (χ1) is 9.30. The predicted molar refractivity (Wildman–Crippen MR) is 82.6 cm³/mol. The molecule has 0 saturated heterocycles. The average Bonchev–Trinajstić information content (AvgIpc) is 2.35. The molecule has 0 aliphatic carbocycles. The van der Waals surface area contributed by atoms with E-state index in [-0.39, 0.29) is 5.97 Å². The van der Waals surface area contributed by atoms with Gasteiger partial charge in [-0.25, -0.2) is 0 Å². The normalized spacial score (nSPS) is 14.9. The molecule has 0 aromatic heterocycles. The molecule has 0 aliphatic rings. The average molecular weight is 287 g/mol. The highest BCUT2D eigenvalue weighted by molar-refractivity contribution is 5.75. The van der Waals surface area contributed by atoms with Crippen molar-refractivity contribution in [3.8, 4) is 0 Å². The van der Waals surface area contributed by atoms with E-state index in [1.54, 1.807) is 0 Å². The number of esters is 1. The zero-order valence-corrected chi connectivity index (χ0v) is 13.9. The molecule has 2 unspecified atom stereocenters. The van der Waals surface area contributed by atoms with Crippen molar-refractivity contribution in [2.75, 3.05) is 13.2 Å². The van der Waals surface area contributed by atoms with Gasteiger partial charge in [0.15, 0.2) is 0 Å². The van der Waals surface area contributed by atoms with E-state index in [4.69, 9.17) is 15.2 Å². The summed E-state index contributed by atoms with van der Waals surface area (Å²) >= 11 is 0. The molecular weight excluding hydrogens is 254 g/mol. The second-order valence-corrected chi connectivity index (χ2v) is 6.42. The molecular formula is C16H33NO3. The zero-order valence-electron chi connectivity index (χ0n) is 13.9. The first-order valence-corrected chi connectivity index (χ1v) is 7.86. The summed E-state index contributed by atoms with van der Waals surface area (Å²) in [6.45, 7) is 11.2. The van der Waals surface area contributed by atoms with Crippen molar-refractivity contribution in [3.05, 3.63) is 0 Å². The van der Waals surface area contributed by atoms with Gasteiger partial charge in [0.05, 0.1) is 0 Å². The van der Waals surface area contributed by atoms with Crippen molar-refractivity contribution < 1.29 is 14.3 Å². The molecule has 0 fully saturated rings. The van der Waals surface area contributed by atoms with Crippen molar-refractivity contribution in [3.63, 3.8) is 0 Å². The molecule has 0 heterocycles. The van der Waals surface area contributed by atoms with Gasteiger partial charge < -0.3 is 15.2 Å². The van der Waals surface area contributed by atoms with Crippen LogP contribution in [0.5, 0.6) is 0 Å². The van der Waals surface area contributed by atoms with E-state index in [0.29, 0.717) is 18.9 Å². The molecule has 0 aromatic rings. The third-order valence-corrected chi connectivity index (χ3v) is 3.18. The molecule has 4 heteroatoms. The molecule has 2 atom stereocenters. The number of ether oxygens (including phenoxy) is 2. The highest BCUT2D eigenvalue weighted by Gasteiger charge is 2.21. The van der Waals surface area contributed by atoms with Gasteiger partial charge in [-0.2, -0.15) is 0 Å². The molecule has 0 spiro atoms. The van der Waals surface area contributed by atoms with Crippen LogP contribution in [0.25, 0.3) is 0 Å². The first-order valence-electron chi connectivity index (χ1n) is 7.86. The second-order valence-electron chi connectivity index (χ2n) is 6.42. The number of hydrogen-bond donors (Lipinski definition) is 1. The van der Waals surface area contributed by atoms with E-state index in [0.717, 1.165) is 13.0 Å². The monoisotopic (exact) mass is 287 g/mol. The third-order valence-electron chi connectivity index (χ3n) is 3.18. The Kier molecular flexibility index (Phi) is 9.86. The van der Waals surface area contributed by atoms with Crippen LogP contribution < -0.4 is 5.73 Å². The van der Waals surface area contributed by atoms with Gasteiger partial charge in [0.25, 0.3) is 0 Å². The summed E-state index contributed by atoms with van der Waals surface area (Å²) in [6.07, 6.45) is 5.33.